The van der Waals surface area contributed by atoms with Crippen LogP contribution in [-0.2, 0) is 0 Å². The fourth-order valence-electron chi connectivity index (χ4n) is 2.51. The maximum Gasteiger partial charge on any atom is 0.184 e. The van der Waals surface area contributed by atoms with E-state index in [9.17, 15) is 0 Å². The number of hydrogen-bond donors (Lipinski definition) is 0. The molecule has 0 unspecified atom stereocenters. The minimum absolute atomic E-state index is 0.650. The highest BCUT2D eigenvalue weighted by atomic mass is 15.4. The van der Waals surface area contributed by atoms with E-state index in [-0.39, 0.29) is 0 Å². The number of rotatable bonds is 3. The maximum absolute atomic E-state index is 4.58. The van der Waals surface area contributed by atoms with Crippen molar-refractivity contribution < 1.29 is 0 Å². The minimum atomic E-state index is 0.650. The third-order valence-corrected chi connectivity index (χ3v) is 3.55. The zero-order valence-corrected chi connectivity index (χ0v) is 13.6. The van der Waals surface area contributed by atoms with Crippen molar-refractivity contribution in [1.82, 2.24) is 34.5 Å². The number of benzene rings is 1. The molecule has 0 aliphatic carbocycles. The first-order valence-corrected chi connectivity index (χ1v) is 7.50. The number of nitrogens with zero attached hydrogens (tertiary/aromatic N) is 8. The van der Waals surface area contributed by atoms with Crippen LogP contribution in [0.15, 0.2) is 41.5 Å². The Morgan fingerprint density at radius 1 is 1.21 bits per heavy atom. The van der Waals surface area contributed by atoms with E-state index in [1.807, 2.05) is 56.3 Å². The Morgan fingerprint density at radius 2 is 2.04 bits per heavy atom. The molecule has 120 valence electrons. The topological polar surface area (TPSA) is 76.5 Å². The molecule has 0 saturated heterocycles. The van der Waals surface area contributed by atoms with Gasteiger partial charge in [0.2, 0.25) is 0 Å². The van der Waals surface area contributed by atoms with Crippen LogP contribution in [0.25, 0.3) is 22.4 Å². The van der Waals surface area contributed by atoms with E-state index >= 15 is 0 Å². The van der Waals surface area contributed by atoms with Gasteiger partial charge in [0.25, 0.3) is 0 Å². The van der Waals surface area contributed by atoms with E-state index in [1.165, 1.54) is 0 Å². The third-order valence-electron chi connectivity index (χ3n) is 3.55. The lowest BCUT2D eigenvalue weighted by molar-refractivity contribution is 0.642. The molecule has 0 spiro atoms. The van der Waals surface area contributed by atoms with Crippen molar-refractivity contribution in [3.05, 3.63) is 42.2 Å². The molecule has 3 aromatic heterocycles. The molecule has 0 N–H and O–H groups in total. The summed E-state index contributed by atoms with van der Waals surface area (Å²) in [5.41, 5.74) is 4.05. The first-order chi connectivity index (χ1) is 11.6. The Labute approximate surface area is 138 Å². The SMILES string of the molecule is Cc1cc2ncc(-n3nnc4ccccc43)c(/N=C/N(C)C)n2n1. The van der Waals surface area contributed by atoms with E-state index in [0.717, 1.165) is 28.1 Å². The standard InChI is InChI=1S/C16H16N8/c1-11-8-15-17-9-14(16(24(15)20-11)18-10-22(2)3)23-13-7-5-4-6-12(13)19-21-23/h4-10H,1-3H3/b18-10+. The fraction of sp³-hybridized carbons (Fsp3) is 0.188. The second-order valence-corrected chi connectivity index (χ2v) is 5.72. The van der Waals surface area contributed by atoms with Gasteiger partial charge < -0.3 is 4.90 Å². The summed E-state index contributed by atoms with van der Waals surface area (Å²) in [5, 5.41) is 13.0. The number of fused-ring (bicyclic) bond motifs is 2. The van der Waals surface area contributed by atoms with Gasteiger partial charge in [-0.3, -0.25) is 0 Å². The van der Waals surface area contributed by atoms with Crippen molar-refractivity contribution in [3.8, 4) is 5.69 Å². The molecular weight excluding hydrogens is 304 g/mol. The van der Waals surface area contributed by atoms with Gasteiger partial charge in [-0.2, -0.15) is 9.61 Å². The molecule has 0 aliphatic rings. The summed E-state index contributed by atoms with van der Waals surface area (Å²) in [6, 6.07) is 9.69. The summed E-state index contributed by atoms with van der Waals surface area (Å²) in [5.74, 6) is 0.650. The van der Waals surface area contributed by atoms with Crippen LogP contribution in [0.4, 0.5) is 5.82 Å². The molecular formula is C16H16N8. The van der Waals surface area contributed by atoms with Crippen molar-refractivity contribution >= 4 is 28.8 Å². The molecule has 0 atom stereocenters. The van der Waals surface area contributed by atoms with Crippen LogP contribution >= 0.6 is 0 Å². The number of aryl methyl sites for hydroxylation is 1. The lowest BCUT2D eigenvalue weighted by atomic mass is 10.3. The minimum Gasteiger partial charge on any atom is -0.369 e. The number of aromatic nitrogens is 6. The van der Waals surface area contributed by atoms with Gasteiger partial charge in [-0.15, -0.1) is 5.10 Å². The summed E-state index contributed by atoms with van der Waals surface area (Å²) in [4.78, 5) is 10.9. The molecule has 0 bridgehead atoms. The van der Waals surface area contributed by atoms with Gasteiger partial charge in [0, 0.05) is 20.2 Å². The summed E-state index contributed by atoms with van der Waals surface area (Å²) in [7, 11) is 3.83. The lowest BCUT2D eigenvalue weighted by Crippen LogP contribution is -2.09. The van der Waals surface area contributed by atoms with Crippen LogP contribution < -0.4 is 0 Å². The number of hydrogen-bond acceptors (Lipinski definition) is 5. The summed E-state index contributed by atoms with van der Waals surface area (Å²) < 4.78 is 3.46. The normalized spacial score (nSPS) is 11.8. The third kappa shape index (κ3) is 2.28. The van der Waals surface area contributed by atoms with Crippen LogP contribution in [0.5, 0.6) is 0 Å². The second-order valence-electron chi connectivity index (χ2n) is 5.72. The van der Waals surface area contributed by atoms with Gasteiger partial charge >= 0.3 is 0 Å². The van der Waals surface area contributed by atoms with Crippen molar-refractivity contribution in [2.45, 2.75) is 6.92 Å². The van der Waals surface area contributed by atoms with Gasteiger partial charge in [-0.25, -0.2) is 14.7 Å². The Bertz CT molecular complexity index is 1060. The van der Waals surface area contributed by atoms with Gasteiger partial charge in [-0.1, -0.05) is 17.3 Å². The van der Waals surface area contributed by atoms with Crippen molar-refractivity contribution in [3.63, 3.8) is 0 Å². The van der Waals surface area contributed by atoms with Crippen molar-refractivity contribution in [2.24, 2.45) is 4.99 Å². The average Bonchev–Trinajstić information content (AvgIpc) is 3.15. The molecule has 0 saturated carbocycles. The first-order valence-electron chi connectivity index (χ1n) is 7.50. The smallest absolute Gasteiger partial charge is 0.184 e. The van der Waals surface area contributed by atoms with Gasteiger partial charge in [0.15, 0.2) is 11.5 Å². The molecule has 0 radical (unpaired) electrons. The van der Waals surface area contributed by atoms with Crippen LogP contribution in [0, 0.1) is 6.92 Å². The predicted molar refractivity (Wildman–Crippen MR) is 92.0 cm³/mol. The monoisotopic (exact) mass is 320 g/mol. The van der Waals surface area contributed by atoms with Gasteiger partial charge in [-0.05, 0) is 19.1 Å². The van der Waals surface area contributed by atoms with Crippen LogP contribution in [0.2, 0.25) is 0 Å². The summed E-state index contributed by atoms with van der Waals surface area (Å²) in [6.07, 6.45) is 3.48. The number of para-hydroxylation sites is 1. The largest absolute Gasteiger partial charge is 0.369 e. The van der Waals surface area contributed by atoms with Crippen LogP contribution in [0.3, 0.4) is 0 Å². The molecule has 1 aromatic carbocycles. The first kappa shape index (κ1) is 14.3. The zero-order chi connectivity index (χ0) is 16.7. The summed E-state index contributed by atoms with van der Waals surface area (Å²) >= 11 is 0. The van der Waals surface area contributed by atoms with E-state index in [2.05, 4.69) is 25.4 Å². The van der Waals surface area contributed by atoms with Crippen molar-refractivity contribution in [1.29, 1.82) is 0 Å². The molecule has 8 nitrogen and oxygen atoms in total. The predicted octanol–water partition coefficient (Wildman–Crippen LogP) is 1.99. The highest BCUT2D eigenvalue weighted by Gasteiger charge is 2.15. The molecule has 8 heteroatoms. The van der Waals surface area contributed by atoms with Crippen molar-refractivity contribution in [2.75, 3.05) is 14.1 Å². The Hall–Kier alpha value is -3.29. The van der Waals surface area contributed by atoms with Gasteiger partial charge in [0.05, 0.1) is 23.7 Å². The van der Waals surface area contributed by atoms with E-state index < -0.39 is 0 Å². The molecule has 0 amide bonds. The lowest BCUT2D eigenvalue weighted by Gasteiger charge is -2.09. The Kier molecular flexibility index (Phi) is 3.23. The fourth-order valence-corrected chi connectivity index (χ4v) is 2.51. The number of aliphatic imine (C=N–C) groups is 1. The Balaban J connectivity index is 2.02. The molecule has 4 aromatic rings. The Morgan fingerprint density at radius 3 is 2.88 bits per heavy atom. The molecule has 24 heavy (non-hydrogen) atoms. The second kappa shape index (κ2) is 5.41. The van der Waals surface area contributed by atoms with E-state index in [1.54, 1.807) is 21.7 Å². The highest BCUT2D eigenvalue weighted by molar-refractivity contribution is 5.78. The van der Waals surface area contributed by atoms with Crippen LogP contribution in [-0.4, -0.2) is 54.9 Å². The molecule has 3 heterocycles. The zero-order valence-electron chi connectivity index (χ0n) is 13.6. The highest BCUT2D eigenvalue weighted by Crippen LogP contribution is 2.26. The molecule has 4 rings (SSSR count). The maximum atomic E-state index is 4.58. The summed E-state index contributed by atoms with van der Waals surface area (Å²) in [6.45, 7) is 1.93. The van der Waals surface area contributed by atoms with Gasteiger partial charge in [0.1, 0.15) is 11.2 Å². The molecule has 0 aliphatic heterocycles. The average molecular weight is 320 g/mol. The van der Waals surface area contributed by atoms with E-state index in [0.29, 0.717) is 5.82 Å². The van der Waals surface area contributed by atoms with Crippen LogP contribution in [0.1, 0.15) is 5.69 Å². The quantitative estimate of drug-likeness (QED) is 0.426. The molecule has 0 fully saturated rings. The van der Waals surface area contributed by atoms with E-state index in [4.69, 9.17) is 0 Å².